The Labute approximate surface area is 153 Å². The van der Waals surface area contributed by atoms with Gasteiger partial charge in [-0.3, -0.25) is 9.44 Å². The van der Waals surface area contributed by atoms with Crippen molar-refractivity contribution in [3.8, 4) is 22.6 Å². The minimum absolute atomic E-state index is 0.320. The first kappa shape index (κ1) is 19.9. The first-order valence-electron chi connectivity index (χ1n) is 7.34. The molecule has 8 nitrogen and oxygen atoms in total. The molecule has 0 atom stereocenters. The van der Waals surface area contributed by atoms with E-state index < -0.39 is 20.0 Å². The molecule has 2 rings (SSSR count). The highest BCUT2D eigenvalue weighted by molar-refractivity contribution is 7.92. The molecule has 0 bridgehead atoms. The molecule has 2 aromatic carbocycles. The van der Waals surface area contributed by atoms with Crippen LogP contribution >= 0.6 is 0 Å². The summed E-state index contributed by atoms with van der Waals surface area (Å²) in [6, 6.07) is 9.95. The molecule has 2 N–H and O–H groups in total. The summed E-state index contributed by atoms with van der Waals surface area (Å²) in [6.07, 6.45) is 2.11. The Bertz CT molecular complexity index is 934. The Morgan fingerprint density at radius 1 is 0.692 bits per heavy atom. The van der Waals surface area contributed by atoms with Crippen LogP contribution in [0.25, 0.3) is 11.1 Å². The number of methoxy groups -OCH3 is 2. The monoisotopic (exact) mass is 400 g/mol. The molecule has 0 aliphatic rings. The zero-order chi connectivity index (χ0) is 19.5. The van der Waals surface area contributed by atoms with E-state index >= 15 is 0 Å². The summed E-state index contributed by atoms with van der Waals surface area (Å²) in [6.45, 7) is 0. The average Bonchev–Trinajstić information content (AvgIpc) is 2.53. The first-order chi connectivity index (χ1) is 12.0. The normalized spacial score (nSPS) is 11.7. The molecule has 0 heterocycles. The zero-order valence-corrected chi connectivity index (χ0v) is 16.4. The van der Waals surface area contributed by atoms with Gasteiger partial charge in [0.1, 0.15) is 11.5 Å². The van der Waals surface area contributed by atoms with Crippen LogP contribution in [0.1, 0.15) is 0 Å². The maximum atomic E-state index is 11.4. The van der Waals surface area contributed by atoms with Crippen molar-refractivity contribution in [1.29, 1.82) is 0 Å². The van der Waals surface area contributed by atoms with Gasteiger partial charge in [-0.1, -0.05) is 12.1 Å². The molecule has 10 heteroatoms. The molecular weight excluding hydrogens is 380 g/mol. The van der Waals surface area contributed by atoms with E-state index in [0.717, 1.165) is 23.6 Å². The van der Waals surface area contributed by atoms with E-state index in [-0.39, 0.29) is 0 Å². The smallest absolute Gasteiger partial charge is 0.229 e. The molecular formula is C16H20N2O6S2. The summed E-state index contributed by atoms with van der Waals surface area (Å²) in [5.41, 5.74) is 2.12. The van der Waals surface area contributed by atoms with Crippen LogP contribution in [-0.2, 0) is 20.0 Å². The standard InChI is InChI=1S/C16H20N2O6S2/c1-23-15-9-11(5-7-13(15)17-25(3,19)20)12-6-8-14(16(10-12)24-2)18-26(4,21)22/h5-10,17-18H,1-4H3. The van der Waals surface area contributed by atoms with Crippen molar-refractivity contribution in [3.63, 3.8) is 0 Å². The van der Waals surface area contributed by atoms with Gasteiger partial charge in [-0.2, -0.15) is 0 Å². The lowest BCUT2D eigenvalue weighted by Gasteiger charge is -2.14. The molecule has 0 radical (unpaired) electrons. The quantitative estimate of drug-likeness (QED) is 0.736. The minimum atomic E-state index is -3.44. The highest BCUT2D eigenvalue weighted by Gasteiger charge is 2.13. The Morgan fingerprint density at radius 3 is 1.31 bits per heavy atom. The van der Waals surface area contributed by atoms with E-state index in [2.05, 4.69) is 9.44 Å². The lowest BCUT2D eigenvalue weighted by molar-refractivity contribution is 0.416. The number of nitrogens with one attached hydrogen (secondary N) is 2. The third-order valence-electron chi connectivity index (χ3n) is 3.33. The second-order valence-electron chi connectivity index (χ2n) is 5.58. The maximum Gasteiger partial charge on any atom is 0.229 e. The van der Waals surface area contributed by atoms with Gasteiger partial charge in [0.05, 0.1) is 38.1 Å². The lowest BCUT2D eigenvalue weighted by Crippen LogP contribution is -2.10. The van der Waals surface area contributed by atoms with Crippen LogP contribution in [-0.4, -0.2) is 43.6 Å². The van der Waals surface area contributed by atoms with Gasteiger partial charge in [-0.25, -0.2) is 16.8 Å². The van der Waals surface area contributed by atoms with Crippen LogP contribution in [0, 0.1) is 0 Å². The van der Waals surface area contributed by atoms with Crippen molar-refractivity contribution in [2.45, 2.75) is 0 Å². The van der Waals surface area contributed by atoms with E-state index in [1.807, 2.05) is 0 Å². The highest BCUT2D eigenvalue weighted by Crippen LogP contribution is 2.35. The predicted molar refractivity (Wildman–Crippen MR) is 102 cm³/mol. The number of benzene rings is 2. The Balaban J connectivity index is 2.45. The molecule has 26 heavy (non-hydrogen) atoms. The Hall–Kier alpha value is -2.46. The van der Waals surface area contributed by atoms with E-state index in [0.29, 0.717) is 22.9 Å². The van der Waals surface area contributed by atoms with Crippen molar-refractivity contribution >= 4 is 31.4 Å². The van der Waals surface area contributed by atoms with Crippen LogP contribution in [0.15, 0.2) is 36.4 Å². The average molecular weight is 400 g/mol. The second-order valence-corrected chi connectivity index (χ2v) is 9.08. The van der Waals surface area contributed by atoms with Gasteiger partial charge in [-0.05, 0) is 35.4 Å². The maximum absolute atomic E-state index is 11.4. The van der Waals surface area contributed by atoms with E-state index in [1.165, 1.54) is 14.2 Å². The van der Waals surface area contributed by atoms with Crippen molar-refractivity contribution in [1.82, 2.24) is 0 Å². The van der Waals surface area contributed by atoms with E-state index in [1.54, 1.807) is 36.4 Å². The Morgan fingerprint density at radius 2 is 1.04 bits per heavy atom. The van der Waals surface area contributed by atoms with Gasteiger partial charge < -0.3 is 9.47 Å². The van der Waals surface area contributed by atoms with Crippen LogP contribution in [0.5, 0.6) is 11.5 Å². The van der Waals surface area contributed by atoms with E-state index in [4.69, 9.17) is 9.47 Å². The van der Waals surface area contributed by atoms with Gasteiger partial charge in [-0.15, -0.1) is 0 Å². The van der Waals surface area contributed by atoms with E-state index in [9.17, 15) is 16.8 Å². The van der Waals surface area contributed by atoms with Gasteiger partial charge in [0, 0.05) is 0 Å². The largest absolute Gasteiger partial charge is 0.495 e. The predicted octanol–water partition coefficient (Wildman–Crippen LogP) is 2.11. The summed E-state index contributed by atoms with van der Waals surface area (Å²) in [4.78, 5) is 0. The molecule has 2 aromatic rings. The molecule has 0 aliphatic heterocycles. The molecule has 0 saturated carbocycles. The molecule has 0 saturated heterocycles. The summed E-state index contributed by atoms with van der Waals surface area (Å²) in [7, 11) is -4.00. The van der Waals surface area contributed by atoms with Gasteiger partial charge in [0.2, 0.25) is 20.0 Å². The summed E-state index contributed by atoms with van der Waals surface area (Å²) in [5, 5.41) is 0. The van der Waals surface area contributed by atoms with Crippen LogP contribution in [0.3, 0.4) is 0 Å². The van der Waals surface area contributed by atoms with Crippen molar-refractivity contribution in [3.05, 3.63) is 36.4 Å². The molecule has 0 spiro atoms. The molecule has 0 aromatic heterocycles. The number of hydrogen-bond acceptors (Lipinski definition) is 6. The number of anilines is 2. The van der Waals surface area contributed by atoms with Crippen molar-refractivity contribution in [2.75, 3.05) is 36.2 Å². The second kappa shape index (κ2) is 7.42. The summed E-state index contributed by atoms with van der Waals surface area (Å²) >= 11 is 0. The summed E-state index contributed by atoms with van der Waals surface area (Å²) in [5.74, 6) is 0.704. The van der Waals surface area contributed by atoms with Crippen LogP contribution < -0.4 is 18.9 Å². The first-order valence-corrected chi connectivity index (χ1v) is 11.1. The van der Waals surface area contributed by atoms with Crippen molar-refractivity contribution in [2.24, 2.45) is 0 Å². The van der Waals surface area contributed by atoms with Crippen LogP contribution in [0.4, 0.5) is 11.4 Å². The van der Waals surface area contributed by atoms with Crippen molar-refractivity contribution < 1.29 is 26.3 Å². The SMILES string of the molecule is COc1cc(-c2ccc(NS(C)(=O)=O)c(OC)c2)ccc1NS(C)(=O)=O. The molecule has 0 unspecified atom stereocenters. The fourth-order valence-electron chi connectivity index (χ4n) is 2.31. The third-order valence-corrected chi connectivity index (χ3v) is 4.51. The topological polar surface area (TPSA) is 111 Å². The summed E-state index contributed by atoms with van der Waals surface area (Å²) < 4.78 is 60.9. The van der Waals surface area contributed by atoms with Gasteiger partial charge in [0.25, 0.3) is 0 Å². The molecule has 0 amide bonds. The number of ether oxygens (including phenoxy) is 2. The fourth-order valence-corrected chi connectivity index (χ4v) is 3.45. The lowest BCUT2D eigenvalue weighted by atomic mass is 10.0. The number of sulfonamides is 2. The minimum Gasteiger partial charge on any atom is -0.495 e. The zero-order valence-electron chi connectivity index (χ0n) is 14.7. The molecule has 142 valence electrons. The molecule has 0 aliphatic carbocycles. The fraction of sp³-hybridized carbons (Fsp3) is 0.250. The Kier molecular flexibility index (Phi) is 5.67. The highest BCUT2D eigenvalue weighted by atomic mass is 32.2. The van der Waals surface area contributed by atoms with Crippen LogP contribution in [0.2, 0.25) is 0 Å². The third kappa shape index (κ3) is 5.27. The van der Waals surface area contributed by atoms with Gasteiger partial charge >= 0.3 is 0 Å². The molecule has 0 fully saturated rings. The number of rotatable bonds is 7. The van der Waals surface area contributed by atoms with Gasteiger partial charge in [0.15, 0.2) is 0 Å². The number of hydrogen-bond donors (Lipinski definition) is 2.